The molecule has 0 aliphatic heterocycles. The van der Waals surface area contributed by atoms with E-state index in [0.29, 0.717) is 6.04 Å². The lowest BCUT2D eigenvalue weighted by Gasteiger charge is -2.22. The third kappa shape index (κ3) is 4.57. The van der Waals surface area contributed by atoms with Crippen LogP contribution in [0.15, 0.2) is 90.5 Å². The molecule has 0 unspecified atom stereocenters. The number of hydrogen-bond donors (Lipinski definition) is 3. The molecule has 6 rings (SSSR count). The fourth-order valence-corrected chi connectivity index (χ4v) is 5.00. The number of nitrogens with zero attached hydrogens (tertiary/aromatic N) is 2. The largest absolute Gasteiger partial charge is 0.310 e. The fraction of sp³-hybridized carbons (Fsp3) is 0.233. The van der Waals surface area contributed by atoms with E-state index in [-0.39, 0.29) is 0 Å². The van der Waals surface area contributed by atoms with Gasteiger partial charge in [0.25, 0.3) is 0 Å². The Bertz CT molecular complexity index is 1450. The first-order chi connectivity index (χ1) is 17.3. The Morgan fingerprint density at radius 1 is 0.971 bits per heavy atom. The first-order valence-corrected chi connectivity index (χ1v) is 12.5. The average Bonchev–Trinajstić information content (AvgIpc) is 3.13. The Morgan fingerprint density at radius 2 is 1.83 bits per heavy atom. The molecule has 2 aliphatic rings. The maximum Gasteiger partial charge on any atom is 0.0988 e. The molecule has 3 N–H and O–H groups in total. The number of benzene rings is 1. The van der Waals surface area contributed by atoms with Gasteiger partial charge in [-0.15, -0.1) is 5.73 Å². The quantitative estimate of drug-likeness (QED) is 0.285. The summed E-state index contributed by atoms with van der Waals surface area (Å²) >= 11 is 0. The van der Waals surface area contributed by atoms with E-state index >= 15 is 0 Å². The van der Waals surface area contributed by atoms with E-state index in [9.17, 15) is 0 Å². The van der Waals surface area contributed by atoms with Crippen LogP contribution in [-0.4, -0.2) is 32.8 Å². The van der Waals surface area contributed by atoms with E-state index < -0.39 is 0 Å². The van der Waals surface area contributed by atoms with Gasteiger partial charge in [-0.1, -0.05) is 61.7 Å². The summed E-state index contributed by atoms with van der Waals surface area (Å²) in [5.74, 6) is 0. The number of fused-ring (bicyclic) bond motifs is 1. The topological polar surface area (TPSA) is 69.4 Å². The first-order valence-electron chi connectivity index (χ1n) is 12.5. The molecule has 0 bridgehead atoms. The first kappa shape index (κ1) is 21.6. The van der Waals surface area contributed by atoms with Crippen molar-refractivity contribution in [2.45, 2.75) is 38.1 Å². The standard InChI is InChI=1S/C30H29N5/c1-3-9-22(10-4-1)25-18-26-27(16-17-31-30(26)28-20-33-35-28)34-29(25)23-11-7-8-21(14-15-23)19-32-24-12-5-2-6-13-24/h1,3-4,8-11,14-18,20,24,32-33,35H,2,5-6,12-13,19H2. The number of allylic oxidation sites excluding steroid dienone is 3. The van der Waals surface area contributed by atoms with Crippen LogP contribution in [0.3, 0.4) is 0 Å². The highest BCUT2D eigenvalue weighted by molar-refractivity contribution is 5.97. The summed E-state index contributed by atoms with van der Waals surface area (Å²) in [5.41, 5.74) is 11.7. The molecular formula is C30H29N5. The molecule has 2 aliphatic carbocycles. The van der Waals surface area contributed by atoms with Gasteiger partial charge in [0.1, 0.15) is 0 Å². The number of rotatable bonds is 6. The van der Waals surface area contributed by atoms with Gasteiger partial charge in [-0.3, -0.25) is 10.1 Å². The second kappa shape index (κ2) is 9.75. The SMILES string of the molecule is C1=CC(CNC2CCCCC2)=CC=C(c2nc3ccnc(-c4c[nH][nH]4)c3cc2-c2ccccc2)C=1. The minimum atomic E-state index is 0.638. The molecule has 0 amide bonds. The summed E-state index contributed by atoms with van der Waals surface area (Å²) in [4.78, 5) is 9.77. The molecule has 174 valence electrons. The number of pyridine rings is 2. The Morgan fingerprint density at radius 3 is 2.63 bits per heavy atom. The molecule has 0 radical (unpaired) electrons. The Labute approximate surface area is 205 Å². The van der Waals surface area contributed by atoms with E-state index in [1.165, 1.54) is 37.7 Å². The van der Waals surface area contributed by atoms with Crippen molar-refractivity contribution in [3.63, 3.8) is 0 Å². The van der Waals surface area contributed by atoms with Crippen molar-refractivity contribution in [2.75, 3.05) is 6.54 Å². The van der Waals surface area contributed by atoms with Crippen molar-refractivity contribution in [2.24, 2.45) is 0 Å². The minimum absolute atomic E-state index is 0.638. The molecule has 5 heteroatoms. The normalized spacial score (nSPS) is 16.3. The lowest BCUT2D eigenvalue weighted by Crippen LogP contribution is -2.32. The van der Waals surface area contributed by atoms with Crippen molar-refractivity contribution >= 4 is 16.5 Å². The molecule has 1 fully saturated rings. The third-order valence-electron chi connectivity index (χ3n) is 6.96. The molecule has 5 nitrogen and oxygen atoms in total. The van der Waals surface area contributed by atoms with Gasteiger partial charge >= 0.3 is 0 Å². The lowest BCUT2D eigenvalue weighted by atomic mass is 9.95. The monoisotopic (exact) mass is 459 g/mol. The maximum atomic E-state index is 5.15. The molecule has 1 aromatic carbocycles. The van der Waals surface area contributed by atoms with E-state index in [0.717, 1.165) is 51.2 Å². The van der Waals surface area contributed by atoms with Crippen molar-refractivity contribution in [1.29, 1.82) is 0 Å². The van der Waals surface area contributed by atoms with Gasteiger partial charge in [0.05, 0.1) is 22.6 Å². The van der Waals surface area contributed by atoms with Gasteiger partial charge in [-0.25, -0.2) is 4.98 Å². The molecule has 3 aromatic heterocycles. The van der Waals surface area contributed by atoms with Crippen LogP contribution in [0.5, 0.6) is 0 Å². The molecule has 0 saturated heterocycles. The summed E-state index contributed by atoms with van der Waals surface area (Å²) in [6.07, 6.45) is 18.9. The van der Waals surface area contributed by atoms with Crippen molar-refractivity contribution < 1.29 is 0 Å². The fourth-order valence-electron chi connectivity index (χ4n) is 5.00. The van der Waals surface area contributed by atoms with E-state index in [4.69, 9.17) is 4.98 Å². The van der Waals surface area contributed by atoms with Gasteiger partial charge in [0, 0.05) is 41.5 Å². The summed E-state index contributed by atoms with van der Waals surface area (Å²) in [6.45, 7) is 0.872. The Hall–Kier alpha value is -3.92. The van der Waals surface area contributed by atoms with Gasteiger partial charge in [-0.05, 0) is 48.3 Å². The van der Waals surface area contributed by atoms with E-state index in [1.807, 2.05) is 30.6 Å². The molecule has 35 heavy (non-hydrogen) atoms. The number of nitrogens with one attached hydrogen (secondary N) is 3. The lowest BCUT2D eigenvalue weighted by molar-refractivity contribution is 0.383. The molecule has 0 atom stereocenters. The smallest absolute Gasteiger partial charge is 0.0988 e. The Balaban J connectivity index is 1.40. The molecule has 1 saturated carbocycles. The highest BCUT2D eigenvalue weighted by Crippen LogP contribution is 2.34. The van der Waals surface area contributed by atoms with Crippen LogP contribution in [0, 0.1) is 0 Å². The Kier molecular flexibility index (Phi) is 6.02. The van der Waals surface area contributed by atoms with Crippen molar-refractivity contribution in [3.8, 4) is 22.5 Å². The van der Waals surface area contributed by atoms with Crippen molar-refractivity contribution in [3.05, 3.63) is 96.2 Å². The number of aromatic amines is 2. The van der Waals surface area contributed by atoms with Gasteiger partial charge in [0.15, 0.2) is 0 Å². The predicted molar refractivity (Wildman–Crippen MR) is 143 cm³/mol. The maximum absolute atomic E-state index is 5.15. The molecular weight excluding hydrogens is 430 g/mol. The number of aromatic nitrogens is 4. The highest BCUT2D eigenvalue weighted by atomic mass is 15.1. The second-order valence-electron chi connectivity index (χ2n) is 9.34. The van der Waals surface area contributed by atoms with Gasteiger partial charge in [-0.2, -0.15) is 0 Å². The van der Waals surface area contributed by atoms with Crippen LogP contribution in [-0.2, 0) is 0 Å². The number of hydrogen-bond acceptors (Lipinski definition) is 3. The molecule has 3 heterocycles. The third-order valence-corrected chi connectivity index (χ3v) is 6.96. The van der Waals surface area contributed by atoms with Crippen molar-refractivity contribution in [1.82, 2.24) is 25.5 Å². The zero-order valence-electron chi connectivity index (χ0n) is 19.7. The van der Waals surface area contributed by atoms with Crippen LogP contribution < -0.4 is 5.32 Å². The summed E-state index contributed by atoms with van der Waals surface area (Å²) in [6, 6.07) is 15.3. The average molecular weight is 460 g/mol. The van der Waals surface area contributed by atoms with Crippen LogP contribution in [0.2, 0.25) is 0 Å². The van der Waals surface area contributed by atoms with Gasteiger partial charge in [0.2, 0.25) is 0 Å². The summed E-state index contributed by atoms with van der Waals surface area (Å²) in [5, 5.41) is 10.8. The zero-order chi connectivity index (χ0) is 23.5. The summed E-state index contributed by atoms with van der Waals surface area (Å²) < 4.78 is 0. The molecule has 0 spiro atoms. The van der Waals surface area contributed by atoms with E-state index in [1.54, 1.807) is 0 Å². The van der Waals surface area contributed by atoms with Gasteiger partial charge < -0.3 is 10.4 Å². The van der Waals surface area contributed by atoms with Crippen LogP contribution in [0.4, 0.5) is 0 Å². The van der Waals surface area contributed by atoms with E-state index in [2.05, 4.69) is 74.8 Å². The predicted octanol–water partition coefficient (Wildman–Crippen LogP) is 6.58. The summed E-state index contributed by atoms with van der Waals surface area (Å²) in [7, 11) is 0. The van der Waals surface area contributed by atoms with Crippen LogP contribution in [0.1, 0.15) is 37.8 Å². The zero-order valence-corrected chi connectivity index (χ0v) is 19.7. The minimum Gasteiger partial charge on any atom is -0.310 e. The highest BCUT2D eigenvalue weighted by Gasteiger charge is 2.17. The second-order valence-corrected chi connectivity index (χ2v) is 9.34. The van der Waals surface area contributed by atoms with Crippen LogP contribution >= 0.6 is 0 Å². The van der Waals surface area contributed by atoms with Crippen LogP contribution in [0.25, 0.3) is 39.0 Å². The molecule has 4 aromatic rings. The number of H-pyrrole nitrogens is 2.